The summed E-state index contributed by atoms with van der Waals surface area (Å²) in [6.45, 7) is 0. The number of aromatic nitrogens is 4. The van der Waals surface area contributed by atoms with Crippen LogP contribution >= 0.6 is 27.5 Å². The first-order chi connectivity index (χ1) is 9.06. The van der Waals surface area contributed by atoms with Crippen molar-refractivity contribution in [3.63, 3.8) is 0 Å². The molecular formula is C10H4BrClF2N4O. The van der Waals surface area contributed by atoms with Crippen LogP contribution in [-0.4, -0.2) is 19.6 Å². The molecule has 98 valence electrons. The molecule has 0 aliphatic rings. The lowest BCUT2D eigenvalue weighted by atomic mass is 10.4. The van der Waals surface area contributed by atoms with E-state index >= 15 is 0 Å². The molecule has 3 rings (SSSR count). The Kier molecular flexibility index (Phi) is 2.98. The molecule has 0 unspecified atom stereocenters. The Labute approximate surface area is 118 Å². The van der Waals surface area contributed by atoms with Crippen LogP contribution in [0.4, 0.5) is 8.78 Å². The molecule has 0 fully saturated rings. The zero-order valence-corrected chi connectivity index (χ0v) is 11.4. The quantitative estimate of drug-likeness (QED) is 0.707. The standard InChI is InChI=1S/C10H4BrClF2N4O/c11-4-1-5(12)6-2-15-8(18(6)3-4)10-17-16-9(19-10)7(13)14/h1-3,7H. The van der Waals surface area contributed by atoms with Crippen LogP contribution in [0.25, 0.3) is 17.2 Å². The van der Waals surface area contributed by atoms with E-state index < -0.39 is 12.3 Å². The third kappa shape index (κ3) is 2.10. The highest BCUT2D eigenvalue weighted by Crippen LogP contribution is 2.28. The van der Waals surface area contributed by atoms with E-state index in [9.17, 15) is 8.78 Å². The van der Waals surface area contributed by atoms with Gasteiger partial charge < -0.3 is 4.42 Å². The van der Waals surface area contributed by atoms with Gasteiger partial charge in [0.2, 0.25) is 5.82 Å². The summed E-state index contributed by atoms with van der Waals surface area (Å²) in [5.74, 6) is -0.588. The summed E-state index contributed by atoms with van der Waals surface area (Å²) in [5, 5.41) is 7.27. The molecule has 9 heteroatoms. The van der Waals surface area contributed by atoms with Crippen LogP contribution in [0.3, 0.4) is 0 Å². The van der Waals surface area contributed by atoms with E-state index in [2.05, 4.69) is 31.1 Å². The third-order valence-corrected chi connectivity index (χ3v) is 3.11. The number of pyridine rings is 1. The summed E-state index contributed by atoms with van der Waals surface area (Å²) in [6.07, 6.45) is 0.356. The number of fused-ring (bicyclic) bond motifs is 1. The van der Waals surface area contributed by atoms with Gasteiger partial charge in [-0.3, -0.25) is 4.40 Å². The van der Waals surface area contributed by atoms with E-state index in [4.69, 9.17) is 16.0 Å². The van der Waals surface area contributed by atoms with Crippen molar-refractivity contribution in [1.82, 2.24) is 19.6 Å². The van der Waals surface area contributed by atoms with E-state index in [1.807, 2.05) is 0 Å². The highest BCUT2D eigenvalue weighted by atomic mass is 79.9. The fraction of sp³-hybridized carbons (Fsp3) is 0.100. The van der Waals surface area contributed by atoms with Gasteiger partial charge in [0.15, 0.2) is 0 Å². The van der Waals surface area contributed by atoms with Crippen LogP contribution in [-0.2, 0) is 0 Å². The van der Waals surface area contributed by atoms with Gasteiger partial charge >= 0.3 is 6.43 Å². The number of nitrogens with zero attached hydrogens (tertiary/aromatic N) is 4. The van der Waals surface area contributed by atoms with Crippen LogP contribution in [0.2, 0.25) is 5.02 Å². The van der Waals surface area contributed by atoms with Gasteiger partial charge in [-0.05, 0) is 22.0 Å². The summed E-state index contributed by atoms with van der Waals surface area (Å²) < 4.78 is 32.0. The highest BCUT2D eigenvalue weighted by Gasteiger charge is 2.20. The lowest BCUT2D eigenvalue weighted by molar-refractivity contribution is 0.116. The summed E-state index contributed by atoms with van der Waals surface area (Å²) in [6, 6.07) is 1.70. The van der Waals surface area contributed by atoms with E-state index in [0.717, 1.165) is 0 Å². The molecule has 0 saturated carbocycles. The Bertz CT molecular complexity index is 757. The van der Waals surface area contributed by atoms with Gasteiger partial charge in [-0.15, -0.1) is 10.2 Å². The molecular weight excluding hydrogens is 345 g/mol. The van der Waals surface area contributed by atoms with Crippen LogP contribution in [0, 0.1) is 0 Å². The molecule has 0 aliphatic heterocycles. The summed E-state index contributed by atoms with van der Waals surface area (Å²) in [7, 11) is 0. The number of alkyl halides is 2. The maximum Gasteiger partial charge on any atom is 0.314 e. The molecule has 0 bridgehead atoms. The fourth-order valence-corrected chi connectivity index (χ4v) is 2.42. The monoisotopic (exact) mass is 348 g/mol. The van der Waals surface area contributed by atoms with Gasteiger partial charge in [-0.25, -0.2) is 4.98 Å². The van der Waals surface area contributed by atoms with E-state index in [-0.39, 0.29) is 11.7 Å². The largest absolute Gasteiger partial charge is 0.412 e. The number of rotatable bonds is 2. The Morgan fingerprint density at radius 2 is 2.16 bits per heavy atom. The molecule has 0 atom stereocenters. The molecule has 0 saturated heterocycles. The second-order valence-electron chi connectivity index (χ2n) is 3.59. The fourth-order valence-electron chi connectivity index (χ4n) is 1.60. The van der Waals surface area contributed by atoms with Gasteiger partial charge in [-0.2, -0.15) is 8.78 Å². The minimum atomic E-state index is -2.82. The number of imidazole rings is 1. The molecule has 0 N–H and O–H groups in total. The first-order valence-electron chi connectivity index (χ1n) is 5.00. The molecule has 3 aromatic heterocycles. The highest BCUT2D eigenvalue weighted by molar-refractivity contribution is 9.10. The maximum absolute atomic E-state index is 12.4. The van der Waals surface area contributed by atoms with Crippen LogP contribution < -0.4 is 0 Å². The molecule has 0 radical (unpaired) electrons. The zero-order chi connectivity index (χ0) is 13.6. The maximum atomic E-state index is 12.4. The van der Waals surface area contributed by atoms with Gasteiger partial charge in [0.05, 0.1) is 16.7 Å². The van der Waals surface area contributed by atoms with Crippen molar-refractivity contribution < 1.29 is 13.2 Å². The zero-order valence-electron chi connectivity index (χ0n) is 9.02. The smallest absolute Gasteiger partial charge is 0.314 e. The third-order valence-electron chi connectivity index (χ3n) is 2.38. The van der Waals surface area contributed by atoms with Crippen molar-refractivity contribution in [2.45, 2.75) is 6.43 Å². The van der Waals surface area contributed by atoms with Crippen molar-refractivity contribution in [3.05, 3.63) is 33.8 Å². The van der Waals surface area contributed by atoms with Gasteiger partial charge in [0.1, 0.15) is 0 Å². The topological polar surface area (TPSA) is 56.2 Å². The predicted molar refractivity (Wildman–Crippen MR) is 66.2 cm³/mol. The molecule has 0 spiro atoms. The van der Waals surface area contributed by atoms with Crippen LogP contribution in [0.15, 0.2) is 27.3 Å². The Balaban J connectivity index is 2.19. The second-order valence-corrected chi connectivity index (χ2v) is 4.91. The van der Waals surface area contributed by atoms with Crippen molar-refractivity contribution in [1.29, 1.82) is 0 Å². The molecule has 0 aromatic carbocycles. The van der Waals surface area contributed by atoms with Crippen LogP contribution in [0.1, 0.15) is 12.3 Å². The normalized spacial score (nSPS) is 11.6. The second kappa shape index (κ2) is 4.53. The van der Waals surface area contributed by atoms with E-state index in [1.54, 1.807) is 16.7 Å². The van der Waals surface area contributed by atoms with Gasteiger partial charge in [-0.1, -0.05) is 11.6 Å². The number of halogens is 4. The minimum Gasteiger partial charge on any atom is -0.412 e. The lowest BCUT2D eigenvalue weighted by Gasteiger charge is -2.00. The van der Waals surface area contributed by atoms with E-state index in [0.29, 0.717) is 15.0 Å². The van der Waals surface area contributed by atoms with Gasteiger partial charge in [0.25, 0.3) is 11.8 Å². The molecule has 19 heavy (non-hydrogen) atoms. The molecule has 5 nitrogen and oxygen atoms in total. The van der Waals surface area contributed by atoms with E-state index in [1.165, 1.54) is 6.20 Å². The van der Waals surface area contributed by atoms with Crippen molar-refractivity contribution in [2.24, 2.45) is 0 Å². The average Bonchev–Trinajstić information content (AvgIpc) is 2.93. The van der Waals surface area contributed by atoms with Gasteiger partial charge in [0, 0.05) is 10.7 Å². The molecule has 3 heterocycles. The van der Waals surface area contributed by atoms with Crippen molar-refractivity contribution in [2.75, 3.05) is 0 Å². The minimum absolute atomic E-state index is 0.0931. The Morgan fingerprint density at radius 3 is 2.84 bits per heavy atom. The predicted octanol–water partition coefficient (Wildman–Crippen LogP) is 3.74. The first-order valence-corrected chi connectivity index (χ1v) is 6.17. The average molecular weight is 350 g/mol. The SMILES string of the molecule is FC(F)c1nnc(-c2ncc3c(Cl)cc(Br)cn23)o1. The van der Waals surface area contributed by atoms with Crippen LogP contribution in [0.5, 0.6) is 0 Å². The summed E-state index contributed by atoms with van der Waals surface area (Å²) in [5.41, 5.74) is 0.608. The Hall–Kier alpha value is -1.54. The molecule has 0 amide bonds. The lowest BCUT2D eigenvalue weighted by Crippen LogP contribution is -1.90. The Morgan fingerprint density at radius 1 is 1.37 bits per heavy atom. The molecule has 3 aromatic rings. The first kappa shape index (κ1) is 12.5. The number of hydrogen-bond acceptors (Lipinski definition) is 4. The van der Waals surface area contributed by atoms with Crippen molar-refractivity contribution in [3.8, 4) is 11.7 Å². The molecule has 0 aliphatic carbocycles. The summed E-state index contributed by atoms with van der Waals surface area (Å²) >= 11 is 9.32. The van der Waals surface area contributed by atoms with Crippen molar-refractivity contribution >= 4 is 33.0 Å². The number of hydrogen-bond donors (Lipinski definition) is 0. The summed E-state index contributed by atoms with van der Waals surface area (Å²) in [4.78, 5) is 4.06.